The van der Waals surface area contributed by atoms with Gasteiger partial charge >= 0.3 is 0 Å². The minimum Gasteiger partial charge on any atom is -0.337 e. The minimum absolute atomic E-state index is 0.148. The number of hydrogen-bond acceptors (Lipinski definition) is 3. The van der Waals surface area contributed by atoms with Crippen LogP contribution in [-0.4, -0.2) is 20.9 Å². The molecule has 4 rings (SSSR count). The Morgan fingerprint density at radius 3 is 2.68 bits per heavy atom. The Morgan fingerprint density at radius 2 is 1.88 bits per heavy atom. The third-order valence-electron chi connectivity index (χ3n) is 3.90. The summed E-state index contributed by atoms with van der Waals surface area (Å²) in [6, 6.07) is 18.9. The number of carbonyl (C=O) groups is 1. The second kappa shape index (κ2) is 6.20. The van der Waals surface area contributed by atoms with Crippen LogP contribution in [0.5, 0.6) is 0 Å². The van der Waals surface area contributed by atoms with Crippen LogP contribution in [-0.2, 0) is 0 Å². The fourth-order valence-corrected chi connectivity index (χ4v) is 2.76. The lowest BCUT2D eigenvalue weighted by atomic mass is 10.1. The number of nitrogens with zero attached hydrogens (tertiary/aromatic N) is 2. The molecule has 1 amide bonds. The molecule has 2 aromatic heterocycles. The quantitative estimate of drug-likeness (QED) is 0.592. The summed E-state index contributed by atoms with van der Waals surface area (Å²) in [6.45, 7) is 1.96. The number of para-hydroxylation sites is 1. The highest BCUT2D eigenvalue weighted by Gasteiger charge is 2.12. The molecule has 0 radical (unpaired) electrons. The maximum atomic E-state index is 12.6. The molecule has 0 spiro atoms. The van der Waals surface area contributed by atoms with E-state index in [1.165, 1.54) is 0 Å². The normalized spacial score (nSPS) is 10.8. The molecule has 0 unspecified atom stereocenters. The van der Waals surface area contributed by atoms with Gasteiger partial charge < -0.3 is 10.3 Å². The van der Waals surface area contributed by atoms with Gasteiger partial charge in [-0.3, -0.25) is 4.79 Å². The van der Waals surface area contributed by atoms with Crippen LogP contribution in [0.4, 0.5) is 5.69 Å². The molecule has 0 aliphatic rings. The van der Waals surface area contributed by atoms with Gasteiger partial charge in [-0.2, -0.15) is 0 Å². The molecule has 0 saturated heterocycles. The number of hydrogen-bond donors (Lipinski definition) is 2. The number of benzene rings is 2. The molecule has 2 N–H and O–H groups in total. The lowest BCUT2D eigenvalue weighted by Gasteiger charge is -2.08. The average molecular weight is 328 g/mol. The molecular formula is C20H16N4O. The van der Waals surface area contributed by atoms with E-state index >= 15 is 0 Å². The lowest BCUT2D eigenvalue weighted by molar-refractivity contribution is 0.102. The van der Waals surface area contributed by atoms with E-state index in [4.69, 9.17) is 0 Å². The fourth-order valence-electron chi connectivity index (χ4n) is 2.76. The zero-order valence-corrected chi connectivity index (χ0v) is 13.7. The molecule has 122 valence electrons. The van der Waals surface area contributed by atoms with Gasteiger partial charge in [0.1, 0.15) is 5.82 Å². The Hall–Kier alpha value is -3.47. The first-order valence-corrected chi connectivity index (χ1v) is 7.98. The highest BCUT2D eigenvalue weighted by molar-refractivity contribution is 6.05. The molecule has 0 atom stereocenters. The topological polar surface area (TPSA) is 70.7 Å². The molecule has 0 bridgehead atoms. The molecule has 5 heteroatoms. The minimum atomic E-state index is -0.148. The maximum absolute atomic E-state index is 12.6. The maximum Gasteiger partial charge on any atom is 0.255 e. The van der Waals surface area contributed by atoms with E-state index in [0.717, 1.165) is 22.3 Å². The van der Waals surface area contributed by atoms with Crippen LogP contribution >= 0.6 is 0 Å². The van der Waals surface area contributed by atoms with E-state index in [9.17, 15) is 4.79 Å². The van der Waals surface area contributed by atoms with Crippen LogP contribution in [0.25, 0.3) is 22.6 Å². The van der Waals surface area contributed by atoms with Gasteiger partial charge in [0.15, 0.2) is 5.65 Å². The van der Waals surface area contributed by atoms with Crippen molar-refractivity contribution in [2.75, 3.05) is 5.32 Å². The van der Waals surface area contributed by atoms with E-state index in [2.05, 4.69) is 20.3 Å². The molecule has 0 saturated carbocycles. The number of anilines is 1. The number of aromatic amines is 1. The van der Waals surface area contributed by atoms with Crippen molar-refractivity contribution in [3.63, 3.8) is 0 Å². The van der Waals surface area contributed by atoms with Gasteiger partial charge in [0.05, 0.1) is 5.52 Å². The molecular weight excluding hydrogens is 312 g/mol. The SMILES string of the molecule is Cc1cc(C(=O)Nc2ccccc2)cc(-c2nc3ncccc3[nH]2)c1. The van der Waals surface area contributed by atoms with Crippen LogP contribution in [0.1, 0.15) is 15.9 Å². The second-order valence-corrected chi connectivity index (χ2v) is 5.87. The molecule has 2 aromatic carbocycles. The van der Waals surface area contributed by atoms with E-state index in [1.54, 1.807) is 6.20 Å². The number of aryl methyl sites for hydroxylation is 1. The predicted octanol–water partition coefficient (Wildman–Crippen LogP) is 4.19. The number of H-pyrrole nitrogens is 1. The van der Waals surface area contributed by atoms with Gasteiger partial charge in [0.2, 0.25) is 0 Å². The van der Waals surface area contributed by atoms with Gasteiger partial charge in [-0.05, 0) is 55.0 Å². The number of fused-ring (bicyclic) bond motifs is 1. The van der Waals surface area contributed by atoms with Gasteiger partial charge in [-0.25, -0.2) is 9.97 Å². The van der Waals surface area contributed by atoms with Crippen LogP contribution < -0.4 is 5.32 Å². The summed E-state index contributed by atoms with van der Waals surface area (Å²) in [6.07, 6.45) is 1.71. The zero-order chi connectivity index (χ0) is 17.2. The van der Waals surface area contributed by atoms with E-state index in [0.29, 0.717) is 17.0 Å². The third kappa shape index (κ3) is 3.12. The number of nitrogens with one attached hydrogen (secondary N) is 2. The van der Waals surface area contributed by atoms with Crippen molar-refractivity contribution < 1.29 is 4.79 Å². The van der Waals surface area contributed by atoms with Crippen molar-refractivity contribution in [2.45, 2.75) is 6.92 Å². The molecule has 0 aliphatic carbocycles. The van der Waals surface area contributed by atoms with Crippen LogP contribution in [0, 0.1) is 6.92 Å². The number of rotatable bonds is 3. The number of pyridine rings is 1. The van der Waals surface area contributed by atoms with Crippen molar-refractivity contribution in [1.82, 2.24) is 15.0 Å². The van der Waals surface area contributed by atoms with Crippen LogP contribution in [0.2, 0.25) is 0 Å². The largest absolute Gasteiger partial charge is 0.337 e. The lowest BCUT2D eigenvalue weighted by Crippen LogP contribution is -2.12. The average Bonchev–Trinajstić information content (AvgIpc) is 3.06. The molecule has 25 heavy (non-hydrogen) atoms. The summed E-state index contributed by atoms with van der Waals surface area (Å²) in [5.41, 5.74) is 4.74. The van der Waals surface area contributed by atoms with Crippen molar-refractivity contribution >= 4 is 22.8 Å². The molecule has 2 heterocycles. The van der Waals surface area contributed by atoms with Crippen LogP contribution in [0.3, 0.4) is 0 Å². The first-order chi connectivity index (χ1) is 12.2. The predicted molar refractivity (Wildman–Crippen MR) is 98.5 cm³/mol. The Kier molecular flexibility index (Phi) is 3.74. The number of carbonyl (C=O) groups excluding carboxylic acids is 1. The standard InChI is InChI=1S/C20H16N4O/c1-13-10-14(18-23-17-8-5-9-21-19(17)24-18)12-15(11-13)20(25)22-16-6-3-2-4-7-16/h2-12H,1H3,(H,22,25)(H,21,23,24). The Labute approximate surface area is 144 Å². The van der Waals surface area contributed by atoms with Gasteiger partial charge in [-0.15, -0.1) is 0 Å². The number of imidazole rings is 1. The second-order valence-electron chi connectivity index (χ2n) is 5.87. The van der Waals surface area contributed by atoms with Crippen molar-refractivity contribution in [3.05, 3.63) is 78.0 Å². The Morgan fingerprint density at radius 1 is 1.04 bits per heavy atom. The summed E-state index contributed by atoms with van der Waals surface area (Å²) in [5, 5.41) is 2.91. The summed E-state index contributed by atoms with van der Waals surface area (Å²) < 4.78 is 0. The van der Waals surface area contributed by atoms with Crippen molar-refractivity contribution in [1.29, 1.82) is 0 Å². The molecule has 5 nitrogen and oxygen atoms in total. The highest BCUT2D eigenvalue weighted by Crippen LogP contribution is 2.22. The third-order valence-corrected chi connectivity index (χ3v) is 3.90. The fraction of sp³-hybridized carbons (Fsp3) is 0.0500. The molecule has 4 aromatic rings. The van der Waals surface area contributed by atoms with E-state index in [-0.39, 0.29) is 5.91 Å². The van der Waals surface area contributed by atoms with Gasteiger partial charge in [0.25, 0.3) is 5.91 Å². The van der Waals surface area contributed by atoms with Crippen LogP contribution in [0.15, 0.2) is 66.9 Å². The highest BCUT2D eigenvalue weighted by atomic mass is 16.1. The van der Waals surface area contributed by atoms with Gasteiger partial charge in [0, 0.05) is 23.0 Å². The smallest absolute Gasteiger partial charge is 0.255 e. The first-order valence-electron chi connectivity index (χ1n) is 7.98. The number of amides is 1. The van der Waals surface area contributed by atoms with E-state index < -0.39 is 0 Å². The molecule has 0 fully saturated rings. The summed E-state index contributed by atoms with van der Waals surface area (Å²) in [4.78, 5) is 24.6. The first kappa shape index (κ1) is 15.1. The monoisotopic (exact) mass is 328 g/mol. The molecule has 0 aliphatic heterocycles. The summed E-state index contributed by atoms with van der Waals surface area (Å²) in [7, 11) is 0. The summed E-state index contributed by atoms with van der Waals surface area (Å²) in [5.74, 6) is 0.552. The Balaban J connectivity index is 1.69. The van der Waals surface area contributed by atoms with Gasteiger partial charge in [-0.1, -0.05) is 18.2 Å². The summed E-state index contributed by atoms with van der Waals surface area (Å²) >= 11 is 0. The zero-order valence-electron chi connectivity index (χ0n) is 13.7. The van der Waals surface area contributed by atoms with E-state index in [1.807, 2.05) is 67.6 Å². The number of aromatic nitrogens is 3. The van der Waals surface area contributed by atoms with Crippen molar-refractivity contribution in [2.24, 2.45) is 0 Å². The van der Waals surface area contributed by atoms with Crippen molar-refractivity contribution in [3.8, 4) is 11.4 Å². The Bertz CT molecular complexity index is 1020.